The second-order valence-corrected chi connectivity index (χ2v) is 8.22. The van der Waals surface area contributed by atoms with Gasteiger partial charge in [0.05, 0.1) is 0 Å². The third kappa shape index (κ3) is 4.70. The Kier molecular flexibility index (Phi) is 5.43. The Bertz CT molecular complexity index is 1300. The van der Waals surface area contributed by atoms with Crippen LogP contribution in [0.25, 0.3) is 11.1 Å². The van der Waals surface area contributed by atoms with Gasteiger partial charge < -0.3 is 15.1 Å². The van der Waals surface area contributed by atoms with Crippen molar-refractivity contribution in [2.45, 2.75) is 24.2 Å². The lowest BCUT2D eigenvalue weighted by atomic mass is 10.2. The molecular formula is C24H20N6OS. The number of para-hydroxylation sites is 2. The Morgan fingerprint density at radius 2 is 1.31 bits per heavy atom. The molecule has 0 aliphatic heterocycles. The summed E-state index contributed by atoms with van der Waals surface area (Å²) >= 11 is 1.25. The molecule has 0 radical (unpaired) electrons. The Morgan fingerprint density at radius 1 is 0.688 bits per heavy atom. The van der Waals surface area contributed by atoms with Gasteiger partial charge in [0.1, 0.15) is 5.52 Å². The van der Waals surface area contributed by atoms with Crippen LogP contribution in [-0.2, 0) is 0 Å². The molecule has 5 rings (SSSR count). The van der Waals surface area contributed by atoms with Crippen LogP contribution in [-0.4, -0.2) is 19.9 Å². The van der Waals surface area contributed by atoms with E-state index in [4.69, 9.17) is 4.42 Å². The minimum absolute atomic E-state index is 0.430. The fourth-order valence-corrected chi connectivity index (χ4v) is 3.89. The maximum absolute atomic E-state index is 5.83. The van der Waals surface area contributed by atoms with Gasteiger partial charge in [0.2, 0.25) is 17.1 Å². The van der Waals surface area contributed by atoms with E-state index in [1.54, 1.807) is 0 Å². The quantitative estimate of drug-likeness (QED) is 0.319. The van der Waals surface area contributed by atoms with E-state index in [0.717, 1.165) is 33.6 Å². The number of hydrogen-bond donors (Lipinski definition) is 2. The molecule has 0 saturated heterocycles. The van der Waals surface area contributed by atoms with Crippen molar-refractivity contribution in [3.63, 3.8) is 0 Å². The highest BCUT2D eigenvalue weighted by molar-refractivity contribution is 7.99. The summed E-state index contributed by atoms with van der Waals surface area (Å²) in [5.41, 5.74) is 5.60. The topological polar surface area (TPSA) is 88.8 Å². The molecule has 0 bridgehead atoms. The van der Waals surface area contributed by atoms with Gasteiger partial charge in [-0.25, -0.2) is 4.98 Å². The van der Waals surface area contributed by atoms with Gasteiger partial charge >= 0.3 is 0 Å². The monoisotopic (exact) mass is 440 g/mol. The zero-order valence-electron chi connectivity index (χ0n) is 17.5. The molecule has 7 nitrogen and oxygen atoms in total. The summed E-state index contributed by atoms with van der Waals surface area (Å²) in [6.07, 6.45) is 0. The number of fused-ring (bicyclic) bond motifs is 1. The molecule has 0 spiro atoms. The molecule has 0 unspecified atom stereocenters. The number of benzene rings is 3. The molecular weight excluding hydrogens is 420 g/mol. The van der Waals surface area contributed by atoms with Crippen LogP contribution in [0.3, 0.4) is 0 Å². The van der Waals surface area contributed by atoms with Crippen LogP contribution in [0.5, 0.6) is 0 Å². The van der Waals surface area contributed by atoms with Crippen LogP contribution in [0.4, 0.5) is 23.3 Å². The van der Waals surface area contributed by atoms with Gasteiger partial charge in [0, 0.05) is 23.1 Å². The fraction of sp³-hybridized carbons (Fsp3) is 0.0833. The summed E-state index contributed by atoms with van der Waals surface area (Å²) in [6, 6.07) is 23.7. The van der Waals surface area contributed by atoms with Crippen molar-refractivity contribution in [3.05, 3.63) is 83.9 Å². The Morgan fingerprint density at radius 3 is 1.91 bits per heavy atom. The largest absolute Gasteiger partial charge is 0.431 e. The lowest BCUT2D eigenvalue weighted by Crippen LogP contribution is -2.05. The first-order valence-corrected chi connectivity index (χ1v) is 10.9. The predicted molar refractivity (Wildman–Crippen MR) is 127 cm³/mol. The van der Waals surface area contributed by atoms with Crippen LogP contribution >= 0.6 is 11.8 Å². The second kappa shape index (κ2) is 8.68. The SMILES string of the molecule is Cc1cccc(Nc2nc(Nc3cccc(C)c3)nc(Sc3nc4ccccc4o3)n2)c1. The minimum Gasteiger partial charge on any atom is -0.431 e. The standard InChI is InChI=1S/C24H20N6OS/c1-15-7-5-9-17(13-15)25-21-28-22(26-18-10-6-8-16(2)14-18)30-23(29-21)32-24-27-19-11-3-4-12-20(19)31-24/h3-14H,1-2H3,(H2,25,26,28,29,30). The predicted octanol–water partition coefficient (Wildman–Crippen LogP) is 6.27. The Labute approximate surface area is 189 Å². The molecule has 0 atom stereocenters. The molecule has 2 aromatic heterocycles. The summed E-state index contributed by atoms with van der Waals surface area (Å²) in [4.78, 5) is 18.2. The van der Waals surface area contributed by atoms with Gasteiger partial charge in [-0.3, -0.25) is 0 Å². The molecule has 2 N–H and O–H groups in total. The van der Waals surface area contributed by atoms with Crippen molar-refractivity contribution in [1.82, 2.24) is 19.9 Å². The number of anilines is 4. The van der Waals surface area contributed by atoms with Crippen molar-refractivity contribution < 1.29 is 4.42 Å². The first-order valence-electron chi connectivity index (χ1n) is 10.1. The van der Waals surface area contributed by atoms with E-state index in [0.29, 0.717) is 22.3 Å². The summed E-state index contributed by atoms with van der Waals surface area (Å²) in [5, 5.41) is 7.48. The van der Waals surface area contributed by atoms with Crippen molar-refractivity contribution in [3.8, 4) is 0 Å². The smallest absolute Gasteiger partial charge is 0.264 e. The number of rotatable bonds is 6. The molecule has 8 heteroatoms. The number of nitrogens with zero attached hydrogens (tertiary/aromatic N) is 4. The lowest BCUT2D eigenvalue weighted by Gasteiger charge is -2.10. The van der Waals surface area contributed by atoms with Gasteiger partial charge in [-0.1, -0.05) is 36.4 Å². The van der Waals surface area contributed by atoms with E-state index in [1.165, 1.54) is 11.8 Å². The van der Waals surface area contributed by atoms with Crippen LogP contribution in [0.1, 0.15) is 11.1 Å². The van der Waals surface area contributed by atoms with Crippen molar-refractivity contribution in [2.75, 3.05) is 10.6 Å². The number of oxazole rings is 1. The van der Waals surface area contributed by atoms with E-state index >= 15 is 0 Å². The number of hydrogen-bond acceptors (Lipinski definition) is 8. The van der Waals surface area contributed by atoms with Gasteiger partial charge in [0.15, 0.2) is 5.58 Å². The first kappa shape index (κ1) is 20.0. The second-order valence-electron chi connectivity index (χ2n) is 7.30. The maximum Gasteiger partial charge on any atom is 0.264 e. The summed E-state index contributed by atoms with van der Waals surface area (Å²) in [5.74, 6) is 0.860. The van der Waals surface area contributed by atoms with Crippen LogP contribution in [0, 0.1) is 13.8 Å². The number of aryl methyl sites for hydroxylation is 2. The highest BCUT2D eigenvalue weighted by atomic mass is 32.2. The van der Waals surface area contributed by atoms with Crippen LogP contribution in [0.15, 0.2) is 87.6 Å². The molecule has 2 heterocycles. The van der Waals surface area contributed by atoms with E-state index in [1.807, 2.05) is 86.6 Å². The molecule has 0 aliphatic rings. The van der Waals surface area contributed by atoms with E-state index < -0.39 is 0 Å². The van der Waals surface area contributed by atoms with Crippen molar-refractivity contribution in [1.29, 1.82) is 0 Å². The average Bonchev–Trinajstić information content (AvgIpc) is 3.16. The highest BCUT2D eigenvalue weighted by Gasteiger charge is 2.13. The van der Waals surface area contributed by atoms with Crippen LogP contribution in [0.2, 0.25) is 0 Å². The van der Waals surface area contributed by atoms with Gasteiger partial charge in [-0.05, 0) is 61.4 Å². The lowest BCUT2D eigenvalue weighted by molar-refractivity contribution is 0.488. The zero-order chi connectivity index (χ0) is 21.9. The van der Waals surface area contributed by atoms with Crippen molar-refractivity contribution in [2.24, 2.45) is 0 Å². The zero-order valence-corrected chi connectivity index (χ0v) is 18.4. The molecule has 5 aromatic rings. The summed E-state index contributed by atoms with van der Waals surface area (Å²) < 4.78 is 5.83. The average molecular weight is 441 g/mol. The Hall–Kier alpha value is -3.91. The highest BCUT2D eigenvalue weighted by Crippen LogP contribution is 2.29. The van der Waals surface area contributed by atoms with Gasteiger partial charge in [-0.15, -0.1) is 0 Å². The molecule has 0 aliphatic carbocycles. The molecule has 0 fully saturated rings. The third-order valence-electron chi connectivity index (χ3n) is 4.62. The van der Waals surface area contributed by atoms with E-state index in [2.05, 4.69) is 30.6 Å². The fourth-order valence-electron chi connectivity index (χ4n) is 3.19. The molecule has 0 saturated carbocycles. The van der Waals surface area contributed by atoms with Gasteiger partial charge in [-0.2, -0.15) is 15.0 Å². The molecule has 32 heavy (non-hydrogen) atoms. The maximum atomic E-state index is 5.83. The summed E-state index contributed by atoms with van der Waals surface area (Å²) in [7, 11) is 0. The van der Waals surface area contributed by atoms with Crippen molar-refractivity contribution >= 4 is 46.1 Å². The molecule has 158 valence electrons. The molecule has 0 amide bonds. The number of nitrogens with one attached hydrogen (secondary N) is 2. The third-order valence-corrected chi connectivity index (χ3v) is 5.33. The van der Waals surface area contributed by atoms with Gasteiger partial charge in [0.25, 0.3) is 5.22 Å². The molecule has 3 aromatic carbocycles. The van der Waals surface area contributed by atoms with Crippen LogP contribution < -0.4 is 10.6 Å². The summed E-state index contributed by atoms with van der Waals surface area (Å²) in [6.45, 7) is 4.08. The normalized spacial score (nSPS) is 10.9. The van der Waals surface area contributed by atoms with E-state index in [-0.39, 0.29) is 0 Å². The van der Waals surface area contributed by atoms with E-state index in [9.17, 15) is 0 Å². The number of aromatic nitrogens is 4. The minimum atomic E-state index is 0.430. The Balaban J connectivity index is 1.48. The first-order chi connectivity index (χ1) is 15.6.